The first-order valence-corrected chi connectivity index (χ1v) is 6.51. The van der Waals surface area contributed by atoms with Gasteiger partial charge in [0.2, 0.25) is 0 Å². The Morgan fingerprint density at radius 1 is 1.28 bits per heavy atom. The van der Waals surface area contributed by atoms with Gasteiger partial charge in [0, 0.05) is 36.4 Å². The Kier molecular flexibility index (Phi) is 2.71. The summed E-state index contributed by atoms with van der Waals surface area (Å²) in [5.74, 6) is 0.554. The van der Waals surface area contributed by atoms with Gasteiger partial charge >= 0.3 is 0 Å². The van der Waals surface area contributed by atoms with Crippen LogP contribution in [-0.2, 0) is 0 Å². The Hall–Kier alpha value is -1.61. The highest BCUT2D eigenvalue weighted by Gasteiger charge is 2.27. The first-order chi connectivity index (χ1) is 8.66. The van der Waals surface area contributed by atoms with Gasteiger partial charge in [-0.25, -0.2) is 0 Å². The number of aryl methyl sites for hydroxylation is 1. The van der Waals surface area contributed by atoms with Crippen molar-refractivity contribution in [2.75, 3.05) is 18.0 Å². The molecule has 1 fully saturated rings. The van der Waals surface area contributed by atoms with Crippen molar-refractivity contribution in [1.29, 1.82) is 0 Å². The van der Waals surface area contributed by atoms with Crippen LogP contribution < -0.4 is 10.6 Å². The number of pyridine rings is 1. The Morgan fingerprint density at radius 2 is 2.11 bits per heavy atom. The third-order valence-corrected chi connectivity index (χ3v) is 3.96. The number of nitrogens with two attached hydrogens (primary N) is 1. The summed E-state index contributed by atoms with van der Waals surface area (Å²) in [5, 5.41) is 1.24. The molecular weight excluding hydrogens is 222 g/mol. The molecule has 0 bridgehead atoms. The van der Waals surface area contributed by atoms with Crippen LogP contribution in [0.5, 0.6) is 0 Å². The molecule has 1 aromatic heterocycles. The predicted molar refractivity (Wildman–Crippen MR) is 75.8 cm³/mol. The highest BCUT2D eigenvalue weighted by Crippen LogP contribution is 2.31. The van der Waals surface area contributed by atoms with Gasteiger partial charge in [-0.15, -0.1) is 0 Å². The van der Waals surface area contributed by atoms with Gasteiger partial charge in [-0.1, -0.05) is 13.0 Å². The summed E-state index contributed by atoms with van der Waals surface area (Å²) >= 11 is 0. The smallest absolute Gasteiger partial charge is 0.0751 e. The van der Waals surface area contributed by atoms with Crippen LogP contribution in [0.2, 0.25) is 0 Å². The van der Waals surface area contributed by atoms with Crippen molar-refractivity contribution in [1.82, 2.24) is 4.98 Å². The molecule has 3 heteroatoms. The lowest BCUT2D eigenvalue weighted by Crippen LogP contribution is -2.28. The maximum Gasteiger partial charge on any atom is 0.0751 e. The fourth-order valence-corrected chi connectivity index (χ4v) is 2.76. The van der Waals surface area contributed by atoms with Crippen LogP contribution >= 0.6 is 0 Å². The van der Waals surface area contributed by atoms with Crippen molar-refractivity contribution in [3.8, 4) is 0 Å². The zero-order valence-electron chi connectivity index (χ0n) is 10.9. The highest BCUT2D eigenvalue weighted by atomic mass is 15.2. The molecular formula is C15H19N3. The minimum Gasteiger partial charge on any atom is -0.369 e. The molecule has 1 aliphatic heterocycles. The van der Waals surface area contributed by atoms with Crippen LogP contribution in [0.15, 0.2) is 30.5 Å². The zero-order chi connectivity index (χ0) is 12.7. The second-order valence-corrected chi connectivity index (χ2v) is 5.35. The van der Waals surface area contributed by atoms with Crippen LogP contribution in [0.3, 0.4) is 0 Å². The molecule has 3 nitrogen and oxygen atoms in total. The topological polar surface area (TPSA) is 42.1 Å². The zero-order valence-corrected chi connectivity index (χ0v) is 10.9. The van der Waals surface area contributed by atoms with E-state index in [1.54, 1.807) is 0 Å². The third-order valence-electron chi connectivity index (χ3n) is 3.96. The van der Waals surface area contributed by atoms with Gasteiger partial charge in [0.25, 0.3) is 0 Å². The van der Waals surface area contributed by atoms with E-state index in [1.807, 2.05) is 12.3 Å². The first kappa shape index (κ1) is 11.5. The number of hydrogen-bond donors (Lipinski definition) is 1. The molecule has 1 aliphatic rings. The average Bonchev–Trinajstić information content (AvgIpc) is 2.70. The number of fused-ring (bicyclic) bond motifs is 1. The average molecular weight is 241 g/mol. The summed E-state index contributed by atoms with van der Waals surface area (Å²) in [4.78, 5) is 6.88. The number of hydrogen-bond acceptors (Lipinski definition) is 3. The maximum absolute atomic E-state index is 6.12. The van der Waals surface area contributed by atoms with E-state index in [0.717, 1.165) is 18.6 Å². The molecule has 94 valence electrons. The Morgan fingerprint density at radius 3 is 2.83 bits per heavy atom. The molecule has 2 unspecified atom stereocenters. The summed E-state index contributed by atoms with van der Waals surface area (Å²) in [6, 6.07) is 8.78. The van der Waals surface area contributed by atoms with Crippen molar-refractivity contribution in [3.05, 3.63) is 36.0 Å². The molecule has 3 rings (SSSR count). The molecule has 2 atom stereocenters. The molecule has 2 aromatic rings. The maximum atomic E-state index is 6.12. The standard InChI is InChI=1S/C15H19N3/c1-10-5-6-14(12-4-3-7-17-15(10)12)18-8-11(2)13(16)9-18/h3-7,11,13H,8-9,16H2,1-2H3. The second-order valence-electron chi connectivity index (χ2n) is 5.35. The molecule has 0 saturated carbocycles. The van der Waals surface area contributed by atoms with Gasteiger partial charge in [-0.3, -0.25) is 4.98 Å². The molecule has 2 heterocycles. The van der Waals surface area contributed by atoms with E-state index in [4.69, 9.17) is 5.73 Å². The largest absolute Gasteiger partial charge is 0.369 e. The van der Waals surface area contributed by atoms with Gasteiger partial charge in [-0.05, 0) is 36.6 Å². The molecule has 2 N–H and O–H groups in total. The number of rotatable bonds is 1. The van der Waals surface area contributed by atoms with E-state index in [1.165, 1.54) is 16.6 Å². The highest BCUT2D eigenvalue weighted by molar-refractivity contribution is 5.93. The van der Waals surface area contributed by atoms with Crippen LogP contribution in [0.1, 0.15) is 12.5 Å². The number of anilines is 1. The van der Waals surface area contributed by atoms with Gasteiger partial charge in [0.15, 0.2) is 0 Å². The van der Waals surface area contributed by atoms with Gasteiger partial charge in [0.1, 0.15) is 0 Å². The van der Waals surface area contributed by atoms with Crippen molar-refractivity contribution in [3.63, 3.8) is 0 Å². The summed E-state index contributed by atoms with van der Waals surface area (Å²) in [6.07, 6.45) is 1.86. The fourth-order valence-electron chi connectivity index (χ4n) is 2.76. The lowest BCUT2D eigenvalue weighted by atomic mass is 10.1. The van der Waals surface area contributed by atoms with Crippen molar-refractivity contribution in [2.45, 2.75) is 19.9 Å². The van der Waals surface area contributed by atoms with Crippen molar-refractivity contribution < 1.29 is 0 Å². The Labute approximate surface area is 108 Å². The first-order valence-electron chi connectivity index (χ1n) is 6.51. The lowest BCUT2D eigenvalue weighted by Gasteiger charge is -2.20. The van der Waals surface area contributed by atoms with E-state index in [9.17, 15) is 0 Å². The molecule has 0 amide bonds. The van der Waals surface area contributed by atoms with Gasteiger partial charge in [-0.2, -0.15) is 0 Å². The SMILES string of the molecule is Cc1ccc(N2CC(C)C(N)C2)c2cccnc12. The van der Waals surface area contributed by atoms with E-state index in [-0.39, 0.29) is 6.04 Å². The van der Waals surface area contributed by atoms with Crippen molar-refractivity contribution in [2.24, 2.45) is 11.7 Å². The van der Waals surface area contributed by atoms with E-state index in [2.05, 4.69) is 41.9 Å². The Bertz CT molecular complexity index is 569. The van der Waals surface area contributed by atoms with E-state index in [0.29, 0.717) is 5.92 Å². The minimum atomic E-state index is 0.276. The van der Waals surface area contributed by atoms with Crippen LogP contribution in [0, 0.1) is 12.8 Å². The molecule has 0 aliphatic carbocycles. The summed E-state index contributed by atoms with van der Waals surface area (Å²) in [7, 11) is 0. The number of benzene rings is 1. The number of aromatic nitrogens is 1. The van der Waals surface area contributed by atoms with Crippen LogP contribution in [0.4, 0.5) is 5.69 Å². The van der Waals surface area contributed by atoms with E-state index < -0.39 is 0 Å². The lowest BCUT2D eigenvalue weighted by molar-refractivity contribution is 0.566. The summed E-state index contributed by atoms with van der Waals surface area (Å²) in [5.41, 5.74) is 9.72. The second kappa shape index (κ2) is 4.25. The molecule has 0 radical (unpaired) electrons. The van der Waals surface area contributed by atoms with Gasteiger partial charge in [0.05, 0.1) is 5.52 Å². The summed E-state index contributed by atoms with van der Waals surface area (Å²) < 4.78 is 0. The normalized spacial score (nSPS) is 23.8. The molecule has 18 heavy (non-hydrogen) atoms. The van der Waals surface area contributed by atoms with Gasteiger partial charge < -0.3 is 10.6 Å². The monoisotopic (exact) mass is 241 g/mol. The molecule has 1 saturated heterocycles. The quantitative estimate of drug-likeness (QED) is 0.833. The number of nitrogens with zero attached hydrogens (tertiary/aromatic N) is 2. The summed E-state index contributed by atoms with van der Waals surface area (Å²) in [6.45, 7) is 6.30. The van der Waals surface area contributed by atoms with E-state index >= 15 is 0 Å². The third kappa shape index (κ3) is 1.75. The van der Waals surface area contributed by atoms with Crippen LogP contribution in [0.25, 0.3) is 10.9 Å². The van der Waals surface area contributed by atoms with Crippen LogP contribution in [-0.4, -0.2) is 24.1 Å². The molecule has 0 spiro atoms. The predicted octanol–water partition coefficient (Wildman–Crippen LogP) is 2.33. The van der Waals surface area contributed by atoms with Crippen molar-refractivity contribution >= 4 is 16.6 Å². The molecule has 1 aromatic carbocycles. The minimum absolute atomic E-state index is 0.276. The fraction of sp³-hybridized carbons (Fsp3) is 0.400. The Balaban J connectivity index is 2.10.